The van der Waals surface area contributed by atoms with Gasteiger partial charge in [-0.1, -0.05) is 0 Å². The maximum atomic E-state index is 11.5. The van der Waals surface area contributed by atoms with E-state index in [1.165, 1.54) is 4.68 Å². The first-order valence-electron chi connectivity index (χ1n) is 5.35. The second-order valence-corrected chi connectivity index (χ2v) is 4.29. The lowest BCUT2D eigenvalue weighted by molar-refractivity contribution is -0.124. The number of anilines is 1. The van der Waals surface area contributed by atoms with Gasteiger partial charge in [0.25, 0.3) is 0 Å². The fraction of sp³-hybridized carbons (Fsp3) is 0.600. The molecule has 0 atom stereocenters. The first kappa shape index (κ1) is 10.9. The van der Waals surface area contributed by atoms with Crippen LogP contribution in [-0.2, 0) is 11.3 Å². The van der Waals surface area contributed by atoms with Gasteiger partial charge in [0, 0.05) is 12.7 Å². The number of nitrogens with two attached hydrogens (primary N) is 1. The molecule has 4 N–H and O–H groups in total. The Labute approximate surface area is 93.4 Å². The number of nitrogens with one attached hydrogen (secondary N) is 1. The molecule has 1 aliphatic carbocycles. The summed E-state index contributed by atoms with van der Waals surface area (Å²) in [4.78, 5) is 11.5. The second kappa shape index (κ2) is 4.13. The number of amides is 1. The van der Waals surface area contributed by atoms with Gasteiger partial charge in [0.1, 0.15) is 12.4 Å². The highest BCUT2D eigenvalue weighted by Crippen LogP contribution is 2.30. The van der Waals surface area contributed by atoms with E-state index in [0.29, 0.717) is 12.4 Å². The maximum Gasteiger partial charge on any atom is 0.241 e. The minimum absolute atomic E-state index is 0.132. The predicted octanol–water partition coefficient (Wildman–Crippen LogP) is -0.504. The molecule has 2 rings (SSSR count). The van der Waals surface area contributed by atoms with E-state index in [4.69, 9.17) is 5.73 Å². The molecule has 0 aromatic carbocycles. The lowest BCUT2D eigenvalue weighted by Gasteiger charge is -2.36. The Bertz CT molecular complexity index is 384. The van der Waals surface area contributed by atoms with Crippen LogP contribution in [0.2, 0.25) is 0 Å². The maximum absolute atomic E-state index is 11.5. The zero-order valence-corrected chi connectivity index (χ0v) is 9.02. The number of aliphatic hydroxyl groups is 1. The van der Waals surface area contributed by atoms with Crippen molar-refractivity contribution in [3.8, 4) is 0 Å². The first-order valence-corrected chi connectivity index (χ1v) is 5.35. The van der Waals surface area contributed by atoms with Gasteiger partial charge in [-0.15, -0.1) is 0 Å². The Morgan fingerprint density at radius 2 is 2.44 bits per heavy atom. The zero-order chi connectivity index (χ0) is 11.6. The largest absolute Gasteiger partial charge is 0.388 e. The molecule has 88 valence electrons. The molecule has 0 spiro atoms. The van der Waals surface area contributed by atoms with Gasteiger partial charge < -0.3 is 16.2 Å². The molecule has 6 heteroatoms. The fourth-order valence-electron chi connectivity index (χ4n) is 1.69. The van der Waals surface area contributed by atoms with Gasteiger partial charge in [0.2, 0.25) is 5.91 Å². The summed E-state index contributed by atoms with van der Waals surface area (Å²) in [6.45, 7) is 0.454. The van der Waals surface area contributed by atoms with E-state index in [1.54, 1.807) is 12.3 Å². The summed E-state index contributed by atoms with van der Waals surface area (Å²) in [5.41, 5.74) is 4.74. The van der Waals surface area contributed by atoms with Crippen LogP contribution in [-0.4, -0.2) is 32.9 Å². The van der Waals surface area contributed by atoms with Crippen molar-refractivity contribution in [2.45, 2.75) is 31.4 Å². The molecule has 0 aliphatic heterocycles. The summed E-state index contributed by atoms with van der Waals surface area (Å²) >= 11 is 0. The molecular weight excluding hydrogens is 208 g/mol. The summed E-state index contributed by atoms with van der Waals surface area (Å²) in [6.07, 6.45) is 4.21. The molecule has 1 aromatic rings. The third kappa shape index (κ3) is 2.52. The number of aromatic nitrogens is 2. The fourth-order valence-corrected chi connectivity index (χ4v) is 1.69. The summed E-state index contributed by atoms with van der Waals surface area (Å²) in [5, 5.41) is 16.4. The van der Waals surface area contributed by atoms with E-state index in [0.717, 1.165) is 19.3 Å². The monoisotopic (exact) mass is 224 g/mol. The summed E-state index contributed by atoms with van der Waals surface area (Å²) < 4.78 is 1.47. The van der Waals surface area contributed by atoms with E-state index >= 15 is 0 Å². The highest BCUT2D eigenvalue weighted by Gasteiger charge is 2.34. The van der Waals surface area contributed by atoms with E-state index in [9.17, 15) is 9.90 Å². The minimum Gasteiger partial charge on any atom is -0.388 e. The molecule has 1 fully saturated rings. The number of hydrogen-bond donors (Lipinski definition) is 3. The van der Waals surface area contributed by atoms with Crippen molar-refractivity contribution in [3.63, 3.8) is 0 Å². The number of hydrogen-bond acceptors (Lipinski definition) is 4. The summed E-state index contributed by atoms with van der Waals surface area (Å²) in [7, 11) is 0. The lowest BCUT2D eigenvalue weighted by Crippen LogP contribution is -2.48. The van der Waals surface area contributed by atoms with Gasteiger partial charge in [0.05, 0.1) is 5.60 Å². The van der Waals surface area contributed by atoms with E-state index in [-0.39, 0.29) is 12.5 Å². The van der Waals surface area contributed by atoms with Gasteiger partial charge >= 0.3 is 0 Å². The van der Waals surface area contributed by atoms with E-state index in [1.807, 2.05) is 0 Å². The van der Waals surface area contributed by atoms with Gasteiger partial charge in [-0.25, -0.2) is 0 Å². The topological polar surface area (TPSA) is 93.2 Å². The Kier molecular flexibility index (Phi) is 2.82. The van der Waals surface area contributed by atoms with Gasteiger partial charge in [0.15, 0.2) is 0 Å². The van der Waals surface area contributed by atoms with Crippen LogP contribution in [0.4, 0.5) is 5.82 Å². The highest BCUT2D eigenvalue weighted by molar-refractivity contribution is 5.75. The zero-order valence-electron chi connectivity index (χ0n) is 9.02. The molecule has 1 saturated carbocycles. The van der Waals surface area contributed by atoms with E-state index < -0.39 is 5.60 Å². The number of carbonyl (C=O) groups is 1. The number of nitrogen functional groups attached to an aromatic ring is 1. The van der Waals surface area contributed by atoms with Gasteiger partial charge in [-0.05, 0) is 25.3 Å². The van der Waals surface area contributed by atoms with Crippen LogP contribution in [0.25, 0.3) is 0 Å². The van der Waals surface area contributed by atoms with Crippen LogP contribution >= 0.6 is 0 Å². The summed E-state index contributed by atoms with van der Waals surface area (Å²) in [6, 6.07) is 1.63. The molecule has 1 heterocycles. The third-order valence-corrected chi connectivity index (χ3v) is 2.87. The first-order chi connectivity index (χ1) is 7.57. The average Bonchev–Trinajstić information content (AvgIpc) is 2.58. The van der Waals surface area contributed by atoms with Crippen molar-refractivity contribution in [2.75, 3.05) is 12.3 Å². The minimum atomic E-state index is -0.682. The van der Waals surface area contributed by atoms with Crippen molar-refractivity contribution in [1.29, 1.82) is 0 Å². The number of carbonyl (C=O) groups excluding carboxylic acids is 1. The Morgan fingerprint density at radius 1 is 1.69 bits per heavy atom. The Hall–Kier alpha value is -1.56. The van der Waals surface area contributed by atoms with Crippen LogP contribution in [0.15, 0.2) is 12.3 Å². The van der Waals surface area contributed by atoms with Gasteiger partial charge in [-0.2, -0.15) is 5.10 Å². The van der Waals surface area contributed by atoms with Crippen molar-refractivity contribution in [2.24, 2.45) is 0 Å². The number of nitrogens with zero attached hydrogens (tertiary/aromatic N) is 2. The van der Waals surface area contributed by atoms with Crippen molar-refractivity contribution >= 4 is 11.7 Å². The molecule has 6 nitrogen and oxygen atoms in total. The predicted molar refractivity (Wildman–Crippen MR) is 58.4 cm³/mol. The molecule has 0 bridgehead atoms. The van der Waals surface area contributed by atoms with Crippen molar-refractivity contribution in [1.82, 2.24) is 15.1 Å². The second-order valence-electron chi connectivity index (χ2n) is 4.29. The van der Waals surface area contributed by atoms with Crippen LogP contribution in [0, 0.1) is 0 Å². The quantitative estimate of drug-likeness (QED) is 0.642. The standard InChI is InChI=1S/C10H16N4O2/c11-8-2-5-14(13-8)6-9(15)12-7-10(16)3-1-4-10/h2,5,16H,1,3-4,6-7H2,(H2,11,13)(H,12,15). The van der Waals surface area contributed by atoms with Crippen LogP contribution in [0.1, 0.15) is 19.3 Å². The van der Waals surface area contributed by atoms with Gasteiger partial charge in [-0.3, -0.25) is 9.48 Å². The highest BCUT2D eigenvalue weighted by atomic mass is 16.3. The van der Waals surface area contributed by atoms with E-state index in [2.05, 4.69) is 10.4 Å². The van der Waals surface area contributed by atoms with Crippen LogP contribution < -0.4 is 11.1 Å². The molecule has 1 amide bonds. The summed E-state index contributed by atoms with van der Waals surface area (Å²) in [5.74, 6) is 0.230. The van der Waals surface area contributed by atoms with Crippen LogP contribution in [0.3, 0.4) is 0 Å². The SMILES string of the molecule is Nc1ccn(CC(=O)NCC2(O)CCC2)n1. The van der Waals surface area contributed by atoms with Crippen LogP contribution in [0.5, 0.6) is 0 Å². The molecule has 1 aromatic heterocycles. The normalized spacial score (nSPS) is 17.8. The third-order valence-electron chi connectivity index (χ3n) is 2.87. The lowest BCUT2D eigenvalue weighted by atomic mass is 9.80. The van der Waals surface area contributed by atoms with Crippen molar-refractivity contribution < 1.29 is 9.90 Å². The van der Waals surface area contributed by atoms with Crippen molar-refractivity contribution in [3.05, 3.63) is 12.3 Å². The molecule has 1 aliphatic rings. The molecule has 0 unspecified atom stereocenters. The molecular formula is C10H16N4O2. The molecule has 16 heavy (non-hydrogen) atoms. The Morgan fingerprint density at radius 3 is 2.94 bits per heavy atom. The molecule has 0 saturated heterocycles. The average molecular weight is 224 g/mol. The smallest absolute Gasteiger partial charge is 0.241 e. The molecule has 0 radical (unpaired) electrons. The number of rotatable bonds is 4. The Balaban J connectivity index is 1.76.